The van der Waals surface area contributed by atoms with Gasteiger partial charge in [-0.05, 0) is 5.56 Å². The van der Waals surface area contributed by atoms with Crippen molar-refractivity contribution >= 4 is 5.91 Å². The molecule has 0 saturated carbocycles. The summed E-state index contributed by atoms with van der Waals surface area (Å²) in [6, 6.07) is 9.88. The quantitative estimate of drug-likeness (QED) is 0.668. The number of nitrogens with two attached hydrogens (primary N) is 1. The molecule has 3 N–H and O–H groups in total. The Hall–Kier alpha value is -1.35. The van der Waals surface area contributed by atoms with E-state index in [1.54, 1.807) is 0 Å². The largest absolute Gasteiger partial charge is 0.468 e. The van der Waals surface area contributed by atoms with Crippen LogP contribution in [0.25, 0.3) is 0 Å². The van der Waals surface area contributed by atoms with Gasteiger partial charge in [0.2, 0.25) is 5.91 Å². The minimum absolute atomic E-state index is 0.203. The standard InChI is InChI=1S/C13H18N2O/c1-15-9-7-13(8-10-15,12(14)16)11-5-3-2-4-6-11/h2-6,15H,1,7-10H2,(H2,14,16). The molecule has 0 aromatic heterocycles. The molecular formula is C13H18N2O. The molecule has 3 heteroatoms. The summed E-state index contributed by atoms with van der Waals surface area (Å²) in [5.74, 6) is -0.203. The van der Waals surface area contributed by atoms with Crippen molar-refractivity contribution in [1.29, 1.82) is 0 Å². The number of carbonyl (C=O) groups excluding carboxylic acids is 1. The van der Waals surface area contributed by atoms with Crippen LogP contribution in [0.5, 0.6) is 0 Å². The highest BCUT2D eigenvalue weighted by atomic mass is 16.1. The summed E-state index contributed by atoms with van der Waals surface area (Å²) < 4.78 is 0. The Morgan fingerprint density at radius 3 is 2.31 bits per heavy atom. The van der Waals surface area contributed by atoms with E-state index >= 15 is 0 Å². The Labute approximate surface area is 96.2 Å². The normalized spacial score (nSPS) is 29.9. The maximum atomic E-state index is 11.8. The average molecular weight is 218 g/mol. The van der Waals surface area contributed by atoms with Gasteiger partial charge in [0.25, 0.3) is 0 Å². The lowest BCUT2D eigenvalue weighted by atomic mass is 9.72. The van der Waals surface area contributed by atoms with Gasteiger partial charge >= 0.3 is 0 Å². The molecule has 1 aliphatic heterocycles. The summed E-state index contributed by atoms with van der Waals surface area (Å²) in [7, 11) is 3.98. The first-order valence-corrected chi connectivity index (χ1v) is 5.67. The minimum Gasteiger partial charge on any atom is -0.468 e. The molecule has 0 spiro atoms. The molecule has 3 nitrogen and oxygen atoms in total. The minimum atomic E-state index is -0.470. The second-order valence-corrected chi connectivity index (χ2v) is 4.56. The second kappa shape index (κ2) is 4.26. The van der Waals surface area contributed by atoms with E-state index in [9.17, 15) is 4.79 Å². The van der Waals surface area contributed by atoms with Gasteiger partial charge in [0.1, 0.15) is 0 Å². The van der Waals surface area contributed by atoms with Gasteiger partial charge in [0.05, 0.1) is 18.5 Å². The molecule has 0 radical (unpaired) electrons. The smallest absolute Gasteiger partial charge is 0.228 e. The molecule has 0 bridgehead atoms. The lowest BCUT2D eigenvalue weighted by Crippen LogP contribution is -3.08. The number of hydrogen-bond donors (Lipinski definition) is 2. The molecule has 0 unspecified atom stereocenters. The van der Waals surface area contributed by atoms with Crippen molar-refractivity contribution in [3.8, 4) is 0 Å². The molecule has 1 fully saturated rings. The van der Waals surface area contributed by atoms with Gasteiger partial charge in [0.15, 0.2) is 0 Å². The molecule has 1 aromatic rings. The summed E-state index contributed by atoms with van der Waals surface area (Å²) in [6.45, 7) is 1.80. The Kier molecular flexibility index (Phi) is 2.97. The lowest BCUT2D eigenvalue weighted by molar-refractivity contribution is -0.860. The SMILES string of the molecule is [CH2-][NH+]1CCC(C(N)=O)(c2ccccc2)CC1. The van der Waals surface area contributed by atoms with Crippen LogP contribution in [-0.4, -0.2) is 19.0 Å². The molecule has 1 heterocycles. The Bertz CT molecular complexity index is 367. The third-order valence-electron chi connectivity index (χ3n) is 3.61. The third-order valence-corrected chi connectivity index (χ3v) is 3.61. The first kappa shape index (κ1) is 11.1. The van der Waals surface area contributed by atoms with Gasteiger partial charge in [-0.2, -0.15) is 7.05 Å². The predicted octanol–water partition coefficient (Wildman–Crippen LogP) is -0.120. The number of piperidine rings is 1. The van der Waals surface area contributed by atoms with Gasteiger partial charge in [-0.3, -0.25) is 4.79 Å². The van der Waals surface area contributed by atoms with E-state index in [0.29, 0.717) is 0 Å². The van der Waals surface area contributed by atoms with Gasteiger partial charge in [-0.1, -0.05) is 30.3 Å². The molecule has 0 aliphatic carbocycles. The summed E-state index contributed by atoms with van der Waals surface area (Å²) in [6.07, 6.45) is 1.59. The Morgan fingerprint density at radius 2 is 1.81 bits per heavy atom. The highest BCUT2D eigenvalue weighted by molar-refractivity contribution is 5.86. The van der Waals surface area contributed by atoms with Crippen molar-refractivity contribution in [2.24, 2.45) is 5.73 Å². The summed E-state index contributed by atoms with van der Waals surface area (Å²) >= 11 is 0. The number of carbonyl (C=O) groups is 1. The molecule has 86 valence electrons. The fraction of sp³-hybridized carbons (Fsp3) is 0.385. The van der Waals surface area contributed by atoms with Gasteiger partial charge in [-0.15, -0.1) is 0 Å². The maximum absolute atomic E-state index is 11.8. The molecule has 1 amide bonds. The number of rotatable bonds is 2. The van der Waals surface area contributed by atoms with E-state index in [4.69, 9.17) is 5.73 Å². The predicted molar refractivity (Wildman–Crippen MR) is 62.6 cm³/mol. The van der Waals surface area contributed by atoms with E-state index in [1.165, 1.54) is 4.90 Å². The first-order chi connectivity index (χ1) is 7.65. The van der Waals surface area contributed by atoms with Crippen LogP contribution < -0.4 is 10.6 Å². The van der Waals surface area contributed by atoms with Crippen molar-refractivity contribution in [2.75, 3.05) is 13.1 Å². The number of likely N-dealkylation sites (tertiary alicyclic amines) is 1. The molecule has 1 aromatic carbocycles. The van der Waals surface area contributed by atoms with Crippen LogP contribution in [0.2, 0.25) is 0 Å². The number of benzene rings is 1. The number of nitrogens with one attached hydrogen (secondary N) is 1. The fourth-order valence-corrected chi connectivity index (χ4v) is 2.46. The van der Waals surface area contributed by atoms with E-state index in [2.05, 4.69) is 7.05 Å². The van der Waals surface area contributed by atoms with E-state index in [-0.39, 0.29) is 5.91 Å². The van der Waals surface area contributed by atoms with Crippen LogP contribution in [0, 0.1) is 7.05 Å². The van der Waals surface area contributed by atoms with Gasteiger partial charge < -0.3 is 10.6 Å². The Balaban J connectivity index is 2.34. The monoisotopic (exact) mass is 218 g/mol. The highest BCUT2D eigenvalue weighted by Gasteiger charge is 2.41. The topological polar surface area (TPSA) is 47.5 Å². The van der Waals surface area contributed by atoms with Crippen molar-refractivity contribution in [2.45, 2.75) is 18.3 Å². The van der Waals surface area contributed by atoms with Crippen LogP contribution in [0.4, 0.5) is 0 Å². The van der Waals surface area contributed by atoms with Crippen molar-refractivity contribution in [3.63, 3.8) is 0 Å². The molecule has 1 aliphatic rings. The molecule has 2 rings (SSSR count). The van der Waals surface area contributed by atoms with Crippen molar-refractivity contribution < 1.29 is 9.69 Å². The Morgan fingerprint density at radius 1 is 1.25 bits per heavy atom. The second-order valence-electron chi connectivity index (χ2n) is 4.56. The van der Waals surface area contributed by atoms with E-state index in [0.717, 1.165) is 31.5 Å². The summed E-state index contributed by atoms with van der Waals surface area (Å²) in [4.78, 5) is 13.0. The summed E-state index contributed by atoms with van der Waals surface area (Å²) in [5, 5.41) is 0. The zero-order valence-corrected chi connectivity index (χ0v) is 9.41. The average Bonchev–Trinajstić information content (AvgIpc) is 2.31. The van der Waals surface area contributed by atoms with Crippen LogP contribution in [-0.2, 0) is 10.2 Å². The van der Waals surface area contributed by atoms with Gasteiger partial charge in [0, 0.05) is 12.8 Å². The van der Waals surface area contributed by atoms with Crippen LogP contribution >= 0.6 is 0 Å². The number of quaternary nitrogens is 1. The zero-order valence-electron chi connectivity index (χ0n) is 9.41. The van der Waals surface area contributed by atoms with Crippen LogP contribution in [0.3, 0.4) is 0 Å². The molecular weight excluding hydrogens is 200 g/mol. The fourth-order valence-electron chi connectivity index (χ4n) is 2.46. The number of amides is 1. The molecule has 1 saturated heterocycles. The number of hydrogen-bond acceptors (Lipinski definition) is 1. The number of primary amides is 1. The van der Waals surface area contributed by atoms with E-state index in [1.807, 2.05) is 30.3 Å². The molecule has 16 heavy (non-hydrogen) atoms. The summed E-state index contributed by atoms with van der Waals surface area (Å²) in [5.41, 5.74) is 6.19. The zero-order chi connectivity index (χ0) is 11.6. The van der Waals surface area contributed by atoms with Crippen molar-refractivity contribution in [1.82, 2.24) is 0 Å². The first-order valence-electron chi connectivity index (χ1n) is 5.67. The van der Waals surface area contributed by atoms with Crippen molar-refractivity contribution in [3.05, 3.63) is 42.9 Å². The van der Waals surface area contributed by atoms with Crippen LogP contribution in [0.15, 0.2) is 30.3 Å². The van der Waals surface area contributed by atoms with Crippen LogP contribution in [0.1, 0.15) is 18.4 Å². The molecule has 0 atom stereocenters. The third kappa shape index (κ3) is 1.83. The van der Waals surface area contributed by atoms with E-state index < -0.39 is 5.41 Å². The maximum Gasteiger partial charge on any atom is 0.228 e. The van der Waals surface area contributed by atoms with Gasteiger partial charge in [-0.25, -0.2) is 0 Å². The highest BCUT2D eigenvalue weighted by Crippen LogP contribution is 2.31. The lowest BCUT2D eigenvalue weighted by Gasteiger charge is -2.39.